The Balaban J connectivity index is 3.01. The molecule has 0 aromatic heterocycles. The van der Waals surface area contributed by atoms with Gasteiger partial charge >= 0.3 is 5.97 Å². The van der Waals surface area contributed by atoms with Crippen molar-refractivity contribution < 1.29 is 29.6 Å². The second-order valence-corrected chi connectivity index (χ2v) is 3.60. The third-order valence-electron chi connectivity index (χ3n) is 2.30. The molecule has 0 spiro atoms. The van der Waals surface area contributed by atoms with Crippen LogP contribution < -0.4 is 0 Å². The highest BCUT2D eigenvalue weighted by atomic mass is 19.1. The minimum Gasteiger partial charge on any atom is -0.478 e. The van der Waals surface area contributed by atoms with Gasteiger partial charge < -0.3 is 20.4 Å². The van der Waals surface area contributed by atoms with Crippen molar-refractivity contribution in [3.63, 3.8) is 0 Å². The fraction of sp³-hybridized carbons (Fsp3) is 0.364. The van der Waals surface area contributed by atoms with Crippen molar-refractivity contribution in [2.75, 3.05) is 6.61 Å². The zero-order chi connectivity index (χ0) is 13.0. The van der Waals surface area contributed by atoms with E-state index in [1.165, 1.54) is 0 Å². The Kier molecular flexibility index (Phi) is 4.56. The van der Waals surface area contributed by atoms with Crippen LogP contribution in [-0.4, -0.2) is 39.1 Å². The second kappa shape index (κ2) is 5.72. The molecule has 0 fully saturated rings. The van der Waals surface area contributed by atoms with E-state index in [0.717, 1.165) is 18.2 Å². The van der Waals surface area contributed by atoms with Gasteiger partial charge in [0.25, 0.3) is 0 Å². The van der Waals surface area contributed by atoms with Crippen LogP contribution in [0.2, 0.25) is 0 Å². The summed E-state index contributed by atoms with van der Waals surface area (Å²) < 4.78 is 13.1. The third-order valence-corrected chi connectivity index (χ3v) is 2.30. The van der Waals surface area contributed by atoms with Crippen LogP contribution >= 0.6 is 0 Å². The molecule has 0 saturated heterocycles. The van der Waals surface area contributed by atoms with Gasteiger partial charge in [-0.25, -0.2) is 9.18 Å². The van der Waals surface area contributed by atoms with Gasteiger partial charge in [-0.15, -0.1) is 0 Å². The summed E-state index contributed by atoms with van der Waals surface area (Å²) in [7, 11) is 0. The number of hydrogen-bond acceptors (Lipinski definition) is 4. The number of carboxylic acids is 1. The molecule has 1 aromatic carbocycles. The Labute approximate surface area is 96.8 Å². The predicted octanol–water partition coefficient (Wildman–Crippen LogP) is 0.301. The Morgan fingerprint density at radius 1 is 1.29 bits per heavy atom. The zero-order valence-electron chi connectivity index (χ0n) is 8.88. The summed E-state index contributed by atoms with van der Waals surface area (Å²) in [5.74, 6) is -2.13. The van der Waals surface area contributed by atoms with E-state index < -0.39 is 24.0 Å². The molecular weight excluding hydrogens is 231 g/mol. The van der Waals surface area contributed by atoms with Crippen molar-refractivity contribution >= 4 is 5.97 Å². The molecule has 0 aliphatic rings. The molecule has 17 heavy (non-hydrogen) atoms. The van der Waals surface area contributed by atoms with Gasteiger partial charge in [0.15, 0.2) is 0 Å². The van der Waals surface area contributed by atoms with Crippen LogP contribution in [0.5, 0.6) is 0 Å². The highest BCUT2D eigenvalue weighted by Gasteiger charge is 2.20. The molecule has 0 heterocycles. The largest absolute Gasteiger partial charge is 0.478 e. The summed E-state index contributed by atoms with van der Waals surface area (Å²) in [5, 5.41) is 36.3. The Morgan fingerprint density at radius 3 is 2.47 bits per heavy atom. The fourth-order valence-electron chi connectivity index (χ4n) is 1.42. The average molecular weight is 244 g/mol. The molecule has 2 unspecified atom stereocenters. The van der Waals surface area contributed by atoms with Gasteiger partial charge in [-0.2, -0.15) is 0 Å². The maximum absolute atomic E-state index is 13.1. The van der Waals surface area contributed by atoms with E-state index in [2.05, 4.69) is 0 Å². The first-order valence-corrected chi connectivity index (χ1v) is 4.96. The highest BCUT2D eigenvalue weighted by Crippen LogP contribution is 2.21. The van der Waals surface area contributed by atoms with Crippen molar-refractivity contribution in [3.05, 3.63) is 35.1 Å². The number of rotatable bonds is 5. The minimum absolute atomic E-state index is 0.0386. The summed E-state index contributed by atoms with van der Waals surface area (Å²) in [5.41, 5.74) is -0.349. The number of hydrogen-bond donors (Lipinski definition) is 4. The monoisotopic (exact) mass is 244 g/mol. The molecule has 0 saturated carbocycles. The van der Waals surface area contributed by atoms with Crippen molar-refractivity contribution in [2.24, 2.45) is 0 Å². The van der Waals surface area contributed by atoms with Crippen molar-refractivity contribution in [1.82, 2.24) is 0 Å². The quantitative estimate of drug-likeness (QED) is 0.597. The molecule has 5 nitrogen and oxygen atoms in total. The molecular formula is C11H13FO5. The van der Waals surface area contributed by atoms with Gasteiger partial charge in [-0.05, 0) is 30.2 Å². The first kappa shape index (κ1) is 13.6. The van der Waals surface area contributed by atoms with Crippen molar-refractivity contribution in [1.29, 1.82) is 0 Å². The van der Waals surface area contributed by atoms with E-state index in [1.807, 2.05) is 0 Å². The Bertz CT molecular complexity index is 407. The number of benzene rings is 1. The van der Waals surface area contributed by atoms with E-state index in [0.29, 0.717) is 0 Å². The summed E-state index contributed by atoms with van der Waals surface area (Å²) >= 11 is 0. The number of carboxylic acid groups (broad SMARTS) is 1. The maximum Gasteiger partial charge on any atom is 0.335 e. The van der Waals surface area contributed by atoms with Crippen LogP contribution in [0, 0.1) is 5.82 Å². The van der Waals surface area contributed by atoms with Gasteiger partial charge in [-0.3, -0.25) is 0 Å². The first-order valence-electron chi connectivity index (χ1n) is 4.96. The lowest BCUT2D eigenvalue weighted by Crippen LogP contribution is -2.20. The number of aliphatic hydroxyl groups excluding tert-OH is 3. The lowest BCUT2D eigenvalue weighted by Gasteiger charge is -2.17. The average Bonchev–Trinajstić information content (AvgIpc) is 2.27. The van der Waals surface area contributed by atoms with Gasteiger partial charge in [-0.1, -0.05) is 0 Å². The van der Waals surface area contributed by atoms with E-state index >= 15 is 0 Å². The number of aromatic carboxylic acids is 1. The standard InChI is InChI=1S/C11H13FO5/c12-8-4-6(3-7(5-8)11(16)17)10(15)9(14)1-2-13/h3-5,9-10,13-15H,1-2H2,(H,16,17). The van der Waals surface area contributed by atoms with Crippen molar-refractivity contribution in [3.8, 4) is 0 Å². The summed E-state index contributed by atoms with van der Waals surface area (Å²) in [4.78, 5) is 10.7. The van der Waals surface area contributed by atoms with Crippen LogP contribution in [0.1, 0.15) is 28.4 Å². The van der Waals surface area contributed by atoms with E-state index in [9.17, 15) is 19.4 Å². The number of aliphatic hydroxyl groups is 3. The third kappa shape index (κ3) is 3.48. The Morgan fingerprint density at radius 2 is 1.94 bits per heavy atom. The van der Waals surface area contributed by atoms with Crippen LogP contribution in [-0.2, 0) is 0 Å². The SMILES string of the molecule is O=C(O)c1cc(F)cc(C(O)C(O)CCO)c1. The zero-order valence-corrected chi connectivity index (χ0v) is 8.88. The van der Waals surface area contributed by atoms with Crippen LogP contribution in [0.4, 0.5) is 4.39 Å². The molecule has 94 valence electrons. The molecule has 2 atom stereocenters. The summed E-state index contributed by atoms with van der Waals surface area (Å²) in [6.07, 6.45) is -2.79. The lowest BCUT2D eigenvalue weighted by molar-refractivity contribution is 0.00401. The molecule has 1 aromatic rings. The number of carbonyl (C=O) groups is 1. The van der Waals surface area contributed by atoms with Gasteiger partial charge in [0.2, 0.25) is 0 Å². The molecule has 0 radical (unpaired) electrons. The molecule has 4 N–H and O–H groups in total. The maximum atomic E-state index is 13.1. The second-order valence-electron chi connectivity index (χ2n) is 3.60. The topological polar surface area (TPSA) is 98.0 Å². The first-order chi connectivity index (χ1) is 7.95. The fourth-order valence-corrected chi connectivity index (χ4v) is 1.42. The molecule has 0 amide bonds. The predicted molar refractivity (Wildman–Crippen MR) is 56.0 cm³/mol. The number of halogens is 1. The van der Waals surface area contributed by atoms with E-state index in [1.54, 1.807) is 0 Å². The summed E-state index contributed by atoms with van der Waals surface area (Å²) in [6.45, 7) is -0.334. The molecule has 6 heteroatoms. The highest BCUT2D eigenvalue weighted by molar-refractivity contribution is 5.87. The minimum atomic E-state index is -1.43. The smallest absolute Gasteiger partial charge is 0.335 e. The molecule has 0 aliphatic heterocycles. The molecule has 0 aliphatic carbocycles. The molecule has 1 rings (SSSR count). The van der Waals surface area contributed by atoms with Crippen LogP contribution in [0.3, 0.4) is 0 Å². The summed E-state index contributed by atoms with van der Waals surface area (Å²) in [6, 6.07) is 2.84. The van der Waals surface area contributed by atoms with Crippen molar-refractivity contribution in [2.45, 2.75) is 18.6 Å². The van der Waals surface area contributed by atoms with E-state index in [-0.39, 0.29) is 24.2 Å². The van der Waals surface area contributed by atoms with Crippen LogP contribution in [0.25, 0.3) is 0 Å². The van der Waals surface area contributed by atoms with Gasteiger partial charge in [0, 0.05) is 6.61 Å². The van der Waals surface area contributed by atoms with Gasteiger partial charge in [0.05, 0.1) is 11.7 Å². The molecule has 0 bridgehead atoms. The Hall–Kier alpha value is -1.50. The normalized spacial score (nSPS) is 14.4. The van der Waals surface area contributed by atoms with Gasteiger partial charge in [0.1, 0.15) is 11.9 Å². The lowest BCUT2D eigenvalue weighted by atomic mass is 10.00. The van der Waals surface area contributed by atoms with Crippen LogP contribution in [0.15, 0.2) is 18.2 Å². The van der Waals surface area contributed by atoms with E-state index in [4.69, 9.17) is 10.2 Å².